The Morgan fingerprint density at radius 2 is 1.79 bits per heavy atom. The van der Waals surface area contributed by atoms with Crippen LogP contribution in [0.15, 0.2) is 55.0 Å². The lowest BCUT2D eigenvalue weighted by Crippen LogP contribution is -2.30. The van der Waals surface area contributed by atoms with Crippen LogP contribution in [-0.4, -0.2) is 42.9 Å². The molecule has 0 aliphatic heterocycles. The van der Waals surface area contributed by atoms with Crippen LogP contribution in [0.3, 0.4) is 0 Å². The van der Waals surface area contributed by atoms with Crippen molar-refractivity contribution in [2.45, 2.75) is 13.8 Å². The van der Waals surface area contributed by atoms with E-state index < -0.39 is 0 Å². The molecule has 0 radical (unpaired) electrons. The van der Waals surface area contributed by atoms with Crippen molar-refractivity contribution in [3.63, 3.8) is 0 Å². The summed E-state index contributed by atoms with van der Waals surface area (Å²) >= 11 is 0. The normalized spacial score (nSPS) is 10.9. The van der Waals surface area contributed by atoms with Gasteiger partial charge >= 0.3 is 0 Å². The molecule has 0 aromatic carbocycles. The lowest BCUT2D eigenvalue weighted by Gasteiger charge is -2.10. The zero-order valence-corrected chi connectivity index (χ0v) is 15.8. The van der Waals surface area contributed by atoms with Crippen LogP contribution in [-0.2, 0) is 0 Å². The van der Waals surface area contributed by atoms with Crippen LogP contribution in [0.4, 0.5) is 5.82 Å². The van der Waals surface area contributed by atoms with Gasteiger partial charge in [0.05, 0.1) is 5.69 Å². The van der Waals surface area contributed by atoms with E-state index in [1.54, 1.807) is 4.40 Å². The van der Waals surface area contributed by atoms with Gasteiger partial charge in [-0.05, 0) is 38.1 Å². The first kappa shape index (κ1) is 17.7. The number of imidazole rings is 1. The van der Waals surface area contributed by atoms with Crippen LogP contribution in [0.25, 0.3) is 11.5 Å². The molecule has 4 aromatic rings. The first-order valence-corrected chi connectivity index (χ1v) is 9.06. The molecule has 2 N–H and O–H groups in total. The maximum absolute atomic E-state index is 12.6. The van der Waals surface area contributed by atoms with Crippen molar-refractivity contribution in [3.05, 3.63) is 72.2 Å². The third-order valence-corrected chi connectivity index (χ3v) is 4.33. The van der Waals surface area contributed by atoms with Gasteiger partial charge in [0, 0.05) is 37.7 Å². The van der Waals surface area contributed by atoms with Crippen LogP contribution in [0.5, 0.6) is 0 Å². The summed E-state index contributed by atoms with van der Waals surface area (Å²) in [7, 11) is 0. The van der Waals surface area contributed by atoms with Gasteiger partial charge in [0.25, 0.3) is 5.91 Å². The standard InChI is InChI=1S/C20H21N7O/c1-14-19(27-12-4-3-7-17(27)23-14)20(28)22-9-8-21-16-13-18(25-15(2)24-16)26-10-5-6-11-26/h3-7,10-13H,8-9H2,1-2H3,(H,22,28)(H,21,24,25). The topological polar surface area (TPSA) is 89.1 Å². The van der Waals surface area contributed by atoms with Gasteiger partial charge < -0.3 is 15.2 Å². The molecule has 8 nitrogen and oxygen atoms in total. The number of aromatic nitrogens is 5. The summed E-state index contributed by atoms with van der Waals surface area (Å²) in [4.78, 5) is 25.8. The molecule has 1 amide bonds. The van der Waals surface area contributed by atoms with Crippen molar-refractivity contribution < 1.29 is 4.79 Å². The fraction of sp³-hybridized carbons (Fsp3) is 0.200. The molecule has 4 heterocycles. The molecule has 0 atom stereocenters. The second-order valence-corrected chi connectivity index (χ2v) is 6.41. The predicted octanol–water partition coefficient (Wildman–Crippen LogP) is 2.37. The van der Waals surface area contributed by atoms with E-state index in [0.29, 0.717) is 30.3 Å². The van der Waals surface area contributed by atoms with E-state index in [0.717, 1.165) is 17.3 Å². The Morgan fingerprint density at radius 1 is 1.00 bits per heavy atom. The minimum atomic E-state index is -0.148. The van der Waals surface area contributed by atoms with E-state index in [1.807, 2.05) is 73.4 Å². The van der Waals surface area contributed by atoms with Crippen molar-refractivity contribution in [2.24, 2.45) is 0 Å². The molecular formula is C20H21N7O. The molecule has 0 saturated heterocycles. The van der Waals surface area contributed by atoms with E-state index in [2.05, 4.69) is 25.6 Å². The zero-order chi connectivity index (χ0) is 19.5. The number of amides is 1. The lowest BCUT2D eigenvalue weighted by atomic mass is 10.3. The van der Waals surface area contributed by atoms with Gasteiger partial charge in [-0.25, -0.2) is 15.0 Å². The van der Waals surface area contributed by atoms with Crippen molar-refractivity contribution in [1.29, 1.82) is 0 Å². The summed E-state index contributed by atoms with van der Waals surface area (Å²) in [5.41, 5.74) is 2.03. The van der Waals surface area contributed by atoms with Crippen molar-refractivity contribution in [2.75, 3.05) is 18.4 Å². The monoisotopic (exact) mass is 375 g/mol. The Balaban J connectivity index is 1.38. The number of nitrogens with zero attached hydrogens (tertiary/aromatic N) is 5. The molecular weight excluding hydrogens is 354 g/mol. The average molecular weight is 375 g/mol. The summed E-state index contributed by atoms with van der Waals surface area (Å²) in [6.45, 7) is 4.70. The fourth-order valence-electron chi connectivity index (χ4n) is 3.10. The summed E-state index contributed by atoms with van der Waals surface area (Å²) in [5, 5.41) is 6.17. The first-order valence-electron chi connectivity index (χ1n) is 9.06. The summed E-state index contributed by atoms with van der Waals surface area (Å²) in [6, 6.07) is 11.4. The second-order valence-electron chi connectivity index (χ2n) is 6.41. The third kappa shape index (κ3) is 3.57. The average Bonchev–Trinajstić information content (AvgIpc) is 3.32. The Hall–Kier alpha value is -3.68. The van der Waals surface area contributed by atoms with Crippen LogP contribution >= 0.6 is 0 Å². The summed E-state index contributed by atoms with van der Waals surface area (Å²) in [5.74, 6) is 2.05. The third-order valence-electron chi connectivity index (χ3n) is 4.33. The molecule has 0 unspecified atom stereocenters. The Morgan fingerprint density at radius 3 is 2.61 bits per heavy atom. The number of rotatable bonds is 6. The van der Waals surface area contributed by atoms with E-state index in [9.17, 15) is 4.79 Å². The number of anilines is 1. The number of carbonyl (C=O) groups is 1. The predicted molar refractivity (Wildman–Crippen MR) is 107 cm³/mol. The summed E-state index contributed by atoms with van der Waals surface area (Å²) in [6.07, 6.45) is 5.71. The zero-order valence-electron chi connectivity index (χ0n) is 15.8. The van der Waals surface area contributed by atoms with E-state index >= 15 is 0 Å². The molecule has 142 valence electrons. The fourth-order valence-corrected chi connectivity index (χ4v) is 3.10. The van der Waals surface area contributed by atoms with Crippen molar-refractivity contribution in [1.82, 2.24) is 29.2 Å². The largest absolute Gasteiger partial charge is 0.368 e. The first-order chi connectivity index (χ1) is 13.6. The second kappa shape index (κ2) is 7.51. The number of carbonyl (C=O) groups excluding carboxylic acids is 1. The van der Waals surface area contributed by atoms with Gasteiger partial charge in [0.2, 0.25) is 0 Å². The molecule has 0 spiro atoms. The minimum absolute atomic E-state index is 0.148. The Bertz CT molecular complexity index is 1120. The van der Waals surface area contributed by atoms with E-state index in [4.69, 9.17) is 0 Å². The Labute approximate surface area is 162 Å². The lowest BCUT2D eigenvalue weighted by molar-refractivity contribution is 0.0948. The van der Waals surface area contributed by atoms with Crippen LogP contribution in [0, 0.1) is 13.8 Å². The number of nitrogens with one attached hydrogen (secondary N) is 2. The van der Waals surface area contributed by atoms with Crippen LogP contribution < -0.4 is 10.6 Å². The number of hydrogen-bond acceptors (Lipinski definition) is 5. The maximum atomic E-state index is 12.6. The highest BCUT2D eigenvalue weighted by atomic mass is 16.1. The molecule has 4 aromatic heterocycles. The highest BCUT2D eigenvalue weighted by Gasteiger charge is 2.15. The van der Waals surface area contributed by atoms with Crippen LogP contribution in [0.1, 0.15) is 22.0 Å². The molecule has 4 rings (SSSR count). The number of hydrogen-bond donors (Lipinski definition) is 2. The number of fused-ring (bicyclic) bond motifs is 1. The Kier molecular flexibility index (Phi) is 4.76. The van der Waals surface area contributed by atoms with Gasteiger partial charge in [0.15, 0.2) is 0 Å². The van der Waals surface area contributed by atoms with Gasteiger partial charge in [-0.3, -0.25) is 9.20 Å². The van der Waals surface area contributed by atoms with Crippen LogP contribution in [0.2, 0.25) is 0 Å². The van der Waals surface area contributed by atoms with E-state index in [1.165, 1.54) is 0 Å². The van der Waals surface area contributed by atoms with Gasteiger partial charge in [-0.1, -0.05) is 6.07 Å². The number of aryl methyl sites for hydroxylation is 2. The molecule has 0 aliphatic carbocycles. The van der Waals surface area contributed by atoms with Gasteiger partial charge in [-0.2, -0.15) is 0 Å². The molecule has 0 bridgehead atoms. The molecule has 0 saturated carbocycles. The SMILES string of the molecule is Cc1nc(NCCNC(=O)c2c(C)nc3ccccn23)cc(-n2cccc2)n1. The summed E-state index contributed by atoms with van der Waals surface area (Å²) < 4.78 is 3.73. The van der Waals surface area contributed by atoms with Crippen molar-refractivity contribution in [3.8, 4) is 5.82 Å². The van der Waals surface area contributed by atoms with Gasteiger partial charge in [0.1, 0.15) is 28.8 Å². The highest BCUT2D eigenvalue weighted by Crippen LogP contribution is 2.12. The van der Waals surface area contributed by atoms with Gasteiger partial charge in [-0.15, -0.1) is 0 Å². The smallest absolute Gasteiger partial charge is 0.270 e. The molecule has 0 aliphatic rings. The molecule has 0 fully saturated rings. The maximum Gasteiger partial charge on any atom is 0.270 e. The minimum Gasteiger partial charge on any atom is -0.368 e. The quantitative estimate of drug-likeness (QED) is 0.505. The highest BCUT2D eigenvalue weighted by molar-refractivity contribution is 5.94. The van der Waals surface area contributed by atoms with E-state index in [-0.39, 0.29) is 5.91 Å². The molecule has 8 heteroatoms. The molecule has 28 heavy (non-hydrogen) atoms. The van der Waals surface area contributed by atoms with Crippen molar-refractivity contribution >= 4 is 17.4 Å². The number of pyridine rings is 1.